The van der Waals surface area contributed by atoms with Crippen LogP contribution >= 0.6 is 0 Å². The second-order valence-corrected chi connectivity index (χ2v) is 4.09. The zero-order valence-electron chi connectivity index (χ0n) is 9.16. The first-order valence-corrected chi connectivity index (χ1v) is 4.60. The summed E-state index contributed by atoms with van der Waals surface area (Å²) in [4.78, 5) is 15.8. The highest BCUT2D eigenvalue weighted by Crippen LogP contribution is 2.06. The van der Waals surface area contributed by atoms with Gasteiger partial charge < -0.3 is 9.84 Å². The van der Waals surface area contributed by atoms with Crippen molar-refractivity contribution < 1.29 is 19.5 Å². The first-order valence-electron chi connectivity index (χ1n) is 4.60. The molecule has 0 aliphatic rings. The van der Waals surface area contributed by atoms with Crippen LogP contribution in [-0.2, 0) is 9.57 Å². The summed E-state index contributed by atoms with van der Waals surface area (Å²) in [6.45, 7) is 7.21. The minimum atomic E-state index is -0.622. The number of carbonyl (C=O) groups is 1. The molecule has 0 radical (unpaired) electrons. The molecule has 0 aromatic heterocycles. The molecule has 0 aromatic carbocycles. The molecule has 0 fully saturated rings. The maximum atomic E-state index is 11.0. The molecule has 0 saturated heterocycles. The molecule has 1 amide bonds. The molecule has 0 rings (SSSR count). The summed E-state index contributed by atoms with van der Waals surface area (Å²) in [6, 6.07) is 0. The van der Waals surface area contributed by atoms with Crippen LogP contribution in [0.3, 0.4) is 0 Å². The number of rotatable bonds is 4. The SMILES string of the molecule is CC(O)CCONC(=O)OC(C)(C)C. The Morgan fingerprint density at radius 2 is 2.07 bits per heavy atom. The van der Waals surface area contributed by atoms with Crippen molar-refractivity contribution in [3.63, 3.8) is 0 Å². The van der Waals surface area contributed by atoms with E-state index in [1.165, 1.54) is 0 Å². The third-order valence-electron chi connectivity index (χ3n) is 1.19. The normalized spacial score (nSPS) is 13.5. The van der Waals surface area contributed by atoms with Crippen molar-refractivity contribution in [2.24, 2.45) is 0 Å². The molecule has 0 bridgehead atoms. The number of carbonyl (C=O) groups excluding carboxylic acids is 1. The molecule has 14 heavy (non-hydrogen) atoms. The average molecular weight is 205 g/mol. The first kappa shape index (κ1) is 13.2. The zero-order valence-corrected chi connectivity index (χ0v) is 9.16. The quantitative estimate of drug-likeness (QED) is 0.534. The highest BCUT2D eigenvalue weighted by Gasteiger charge is 2.15. The van der Waals surface area contributed by atoms with Crippen LogP contribution in [0.1, 0.15) is 34.1 Å². The molecule has 84 valence electrons. The summed E-state index contributed by atoms with van der Waals surface area (Å²) in [5.41, 5.74) is 1.59. The van der Waals surface area contributed by atoms with Crippen molar-refractivity contribution in [3.05, 3.63) is 0 Å². The predicted molar refractivity (Wildman–Crippen MR) is 51.6 cm³/mol. The van der Waals surface area contributed by atoms with E-state index in [9.17, 15) is 4.79 Å². The summed E-state index contributed by atoms with van der Waals surface area (Å²) < 4.78 is 4.91. The lowest BCUT2D eigenvalue weighted by atomic mass is 10.2. The summed E-state index contributed by atoms with van der Waals surface area (Å²) in [5.74, 6) is 0. The number of amides is 1. The lowest BCUT2D eigenvalue weighted by molar-refractivity contribution is -0.0148. The van der Waals surface area contributed by atoms with E-state index in [2.05, 4.69) is 5.48 Å². The van der Waals surface area contributed by atoms with Crippen LogP contribution in [0.4, 0.5) is 4.79 Å². The van der Waals surface area contributed by atoms with Crippen LogP contribution in [0.25, 0.3) is 0 Å². The van der Waals surface area contributed by atoms with Crippen molar-refractivity contribution in [1.82, 2.24) is 5.48 Å². The van der Waals surface area contributed by atoms with E-state index in [0.717, 1.165) is 0 Å². The predicted octanol–water partition coefficient (Wildman–Crippen LogP) is 1.21. The average Bonchev–Trinajstić information content (AvgIpc) is 1.94. The molecule has 0 heterocycles. The smallest absolute Gasteiger partial charge is 0.431 e. The van der Waals surface area contributed by atoms with Gasteiger partial charge in [-0.1, -0.05) is 0 Å². The van der Waals surface area contributed by atoms with Gasteiger partial charge in [0.25, 0.3) is 0 Å². The Balaban J connectivity index is 3.46. The number of aliphatic hydroxyl groups is 1. The van der Waals surface area contributed by atoms with E-state index >= 15 is 0 Å². The molecule has 1 unspecified atom stereocenters. The monoisotopic (exact) mass is 205 g/mol. The van der Waals surface area contributed by atoms with Crippen LogP contribution in [-0.4, -0.2) is 29.5 Å². The van der Waals surface area contributed by atoms with Gasteiger partial charge in [0, 0.05) is 0 Å². The van der Waals surface area contributed by atoms with Crippen molar-refractivity contribution in [2.45, 2.75) is 45.8 Å². The Morgan fingerprint density at radius 3 is 2.50 bits per heavy atom. The Morgan fingerprint density at radius 1 is 1.50 bits per heavy atom. The van der Waals surface area contributed by atoms with Gasteiger partial charge in [0.15, 0.2) is 0 Å². The van der Waals surface area contributed by atoms with E-state index < -0.39 is 17.8 Å². The molecule has 5 nitrogen and oxygen atoms in total. The lowest BCUT2D eigenvalue weighted by Gasteiger charge is -2.19. The van der Waals surface area contributed by atoms with Gasteiger partial charge >= 0.3 is 6.09 Å². The van der Waals surface area contributed by atoms with E-state index in [-0.39, 0.29) is 6.61 Å². The van der Waals surface area contributed by atoms with Gasteiger partial charge in [-0.15, -0.1) is 0 Å². The molecule has 0 aliphatic carbocycles. The molecule has 5 heteroatoms. The van der Waals surface area contributed by atoms with Crippen LogP contribution in [0.2, 0.25) is 0 Å². The van der Waals surface area contributed by atoms with Crippen molar-refractivity contribution in [3.8, 4) is 0 Å². The number of ether oxygens (including phenoxy) is 1. The van der Waals surface area contributed by atoms with E-state index in [4.69, 9.17) is 14.7 Å². The fourth-order valence-electron chi connectivity index (χ4n) is 0.638. The second-order valence-electron chi connectivity index (χ2n) is 4.09. The maximum Gasteiger partial charge on any atom is 0.431 e. The molecule has 1 atom stereocenters. The summed E-state index contributed by atoms with van der Waals surface area (Å²) in [7, 11) is 0. The Hall–Kier alpha value is -0.810. The number of aliphatic hydroxyl groups excluding tert-OH is 1. The zero-order chi connectivity index (χ0) is 11.2. The Kier molecular flexibility index (Phi) is 5.49. The fraction of sp³-hybridized carbons (Fsp3) is 0.889. The molecular formula is C9H19NO4. The minimum absolute atomic E-state index is 0.261. The standard InChI is InChI=1S/C9H19NO4/c1-7(11)5-6-13-10-8(12)14-9(2,3)4/h7,11H,5-6H2,1-4H3,(H,10,12). The Bertz CT molecular complexity index is 174. The third-order valence-corrected chi connectivity index (χ3v) is 1.19. The van der Waals surface area contributed by atoms with Crippen LogP contribution in [0.15, 0.2) is 0 Å². The molecule has 0 saturated carbocycles. The largest absolute Gasteiger partial charge is 0.442 e. The summed E-state index contributed by atoms with van der Waals surface area (Å²) >= 11 is 0. The van der Waals surface area contributed by atoms with Gasteiger partial charge in [0.2, 0.25) is 0 Å². The molecule has 0 spiro atoms. The molecule has 0 aromatic rings. The maximum absolute atomic E-state index is 11.0. The minimum Gasteiger partial charge on any atom is -0.442 e. The van der Waals surface area contributed by atoms with Crippen LogP contribution in [0.5, 0.6) is 0 Å². The van der Waals surface area contributed by atoms with Gasteiger partial charge in [-0.05, 0) is 34.1 Å². The van der Waals surface area contributed by atoms with E-state index in [1.54, 1.807) is 27.7 Å². The number of hydroxylamine groups is 1. The lowest BCUT2D eigenvalue weighted by Crippen LogP contribution is -2.33. The van der Waals surface area contributed by atoms with Crippen LogP contribution < -0.4 is 5.48 Å². The van der Waals surface area contributed by atoms with E-state index in [1.807, 2.05) is 0 Å². The molecule has 2 N–H and O–H groups in total. The fourth-order valence-corrected chi connectivity index (χ4v) is 0.638. The van der Waals surface area contributed by atoms with Gasteiger partial charge in [0.1, 0.15) is 5.60 Å². The van der Waals surface area contributed by atoms with Gasteiger partial charge in [-0.3, -0.25) is 4.84 Å². The van der Waals surface area contributed by atoms with Crippen molar-refractivity contribution in [2.75, 3.05) is 6.61 Å². The first-order chi connectivity index (χ1) is 6.31. The summed E-state index contributed by atoms with van der Waals surface area (Å²) in [6.07, 6.45) is -0.589. The van der Waals surface area contributed by atoms with E-state index in [0.29, 0.717) is 6.42 Å². The van der Waals surface area contributed by atoms with Crippen molar-refractivity contribution >= 4 is 6.09 Å². The van der Waals surface area contributed by atoms with Crippen LogP contribution in [0, 0.1) is 0 Å². The Labute approximate surface area is 84.3 Å². The highest BCUT2D eigenvalue weighted by atomic mass is 16.7. The second kappa shape index (κ2) is 5.82. The number of nitrogens with one attached hydrogen (secondary N) is 1. The van der Waals surface area contributed by atoms with Gasteiger partial charge in [0.05, 0.1) is 12.7 Å². The molecular weight excluding hydrogens is 186 g/mol. The molecule has 0 aliphatic heterocycles. The van der Waals surface area contributed by atoms with Gasteiger partial charge in [-0.2, -0.15) is 5.48 Å². The number of hydrogen-bond acceptors (Lipinski definition) is 4. The third kappa shape index (κ3) is 9.28. The van der Waals surface area contributed by atoms with Crippen molar-refractivity contribution in [1.29, 1.82) is 0 Å². The van der Waals surface area contributed by atoms with Gasteiger partial charge in [-0.25, -0.2) is 4.79 Å². The highest BCUT2D eigenvalue weighted by molar-refractivity contribution is 5.66. The number of hydrogen-bond donors (Lipinski definition) is 2. The summed E-state index contributed by atoms with van der Waals surface area (Å²) in [5, 5.41) is 8.88. The topological polar surface area (TPSA) is 67.8 Å².